The highest BCUT2D eigenvalue weighted by molar-refractivity contribution is 7.13. The lowest BCUT2D eigenvalue weighted by atomic mass is 9.96. The van der Waals surface area contributed by atoms with E-state index in [1.165, 1.54) is 33.6 Å². The molecule has 5 rings (SSSR count). The number of anilines is 1. The average molecular weight is 586 g/mol. The molecule has 218 valence electrons. The van der Waals surface area contributed by atoms with Gasteiger partial charge in [0.15, 0.2) is 10.9 Å². The summed E-state index contributed by atoms with van der Waals surface area (Å²) in [6.07, 6.45) is 1.60. The summed E-state index contributed by atoms with van der Waals surface area (Å²) in [6.45, 7) is 6.34. The summed E-state index contributed by atoms with van der Waals surface area (Å²) in [5, 5.41) is 4.95. The molecule has 0 atom stereocenters. The second-order valence-corrected chi connectivity index (χ2v) is 11.4. The Bertz CT molecular complexity index is 1430. The van der Waals surface area contributed by atoms with Gasteiger partial charge in [0.2, 0.25) is 11.8 Å². The number of carbonyl (C=O) groups excluding carboxylic acids is 3. The van der Waals surface area contributed by atoms with Crippen molar-refractivity contribution in [2.45, 2.75) is 32.4 Å². The van der Waals surface area contributed by atoms with Crippen LogP contribution >= 0.6 is 11.3 Å². The topological polar surface area (TPSA) is 99.0 Å². The number of hydrogen-bond donors (Lipinski definition) is 1. The van der Waals surface area contributed by atoms with Crippen LogP contribution in [0.4, 0.5) is 5.13 Å². The summed E-state index contributed by atoms with van der Waals surface area (Å²) in [4.78, 5) is 48.8. The van der Waals surface area contributed by atoms with E-state index in [0.29, 0.717) is 23.9 Å². The zero-order valence-electron chi connectivity index (χ0n) is 23.8. The summed E-state index contributed by atoms with van der Waals surface area (Å²) in [5.74, 6) is -0.514. The van der Waals surface area contributed by atoms with Gasteiger partial charge in [0.25, 0.3) is 5.91 Å². The zero-order valence-corrected chi connectivity index (χ0v) is 24.6. The van der Waals surface area contributed by atoms with E-state index in [-0.39, 0.29) is 48.5 Å². The van der Waals surface area contributed by atoms with E-state index in [2.05, 4.69) is 63.7 Å². The predicted octanol–water partition coefficient (Wildman–Crippen LogP) is 4.70. The Hall–Kier alpha value is -4.28. The number of piperazine rings is 1. The molecule has 1 fully saturated rings. The van der Waals surface area contributed by atoms with E-state index >= 15 is 0 Å². The number of furan rings is 1. The van der Waals surface area contributed by atoms with E-state index in [9.17, 15) is 14.4 Å². The minimum atomic E-state index is -0.363. The molecule has 4 aromatic rings. The van der Waals surface area contributed by atoms with Gasteiger partial charge in [0.05, 0.1) is 24.4 Å². The number of nitrogens with zero attached hydrogens (tertiary/aromatic N) is 4. The SMILES string of the molecule is CC(C)N(CC(=O)Nc1nc(CC(=O)N2CCN(C(c3ccccc3)c3ccccc3)CC2)cs1)C(=O)c1ccco1. The molecule has 0 spiro atoms. The fraction of sp³-hybridized carbons (Fsp3) is 0.312. The molecule has 0 radical (unpaired) electrons. The average Bonchev–Trinajstić information content (AvgIpc) is 3.70. The second-order valence-electron chi connectivity index (χ2n) is 10.5. The monoisotopic (exact) mass is 585 g/mol. The van der Waals surface area contributed by atoms with Gasteiger partial charge in [-0.1, -0.05) is 60.7 Å². The number of benzene rings is 2. The van der Waals surface area contributed by atoms with Crippen molar-refractivity contribution in [3.05, 3.63) is 107 Å². The number of amides is 3. The van der Waals surface area contributed by atoms with Crippen LogP contribution in [0, 0.1) is 0 Å². The van der Waals surface area contributed by atoms with Crippen LogP contribution in [0.3, 0.4) is 0 Å². The standard InChI is InChI=1S/C32H35N5O4S/c1-23(2)37(31(40)27-14-9-19-41-27)21-28(38)34-32-33-26(22-42-32)20-29(39)35-15-17-36(18-16-35)30(24-10-5-3-6-11-24)25-12-7-4-8-13-25/h3-14,19,22-23,30H,15-18,20-21H2,1-2H3,(H,33,34,38). The van der Waals surface area contributed by atoms with Crippen LogP contribution in [0.2, 0.25) is 0 Å². The number of nitrogens with one attached hydrogen (secondary N) is 1. The predicted molar refractivity (Wildman–Crippen MR) is 162 cm³/mol. The Morgan fingerprint density at radius 1 is 0.929 bits per heavy atom. The van der Waals surface area contributed by atoms with E-state index < -0.39 is 0 Å². The molecular formula is C32H35N5O4S. The maximum absolute atomic E-state index is 13.2. The highest BCUT2D eigenvalue weighted by Gasteiger charge is 2.29. The van der Waals surface area contributed by atoms with Crippen molar-refractivity contribution in [2.75, 3.05) is 38.0 Å². The molecule has 3 amide bonds. The highest BCUT2D eigenvalue weighted by atomic mass is 32.1. The lowest BCUT2D eigenvalue weighted by Crippen LogP contribution is -2.50. The lowest BCUT2D eigenvalue weighted by molar-refractivity contribution is -0.132. The van der Waals surface area contributed by atoms with E-state index in [1.54, 1.807) is 17.5 Å². The van der Waals surface area contributed by atoms with Gasteiger partial charge < -0.3 is 19.5 Å². The highest BCUT2D eigenvalue weighted by Crippen LogP contribution is 2.29. The first kappa shape index (κ1) is 29.2. The summed E-state index contributed by atoms with van der Waals surface area (Å²) in [7, 11) is 0. The van der Waals surface area contributed by atoms with E-state index in [0.717, 1.165) is 13.1 Å². The Balaban J connectivity index is 1.14. The molecule has 42 heavy (non-hydrogen) atoms. The molecule has 1 saturated heterocycles. The molecule has 0 aliphatic carbocycles. The van der Waals surface area contributed by atoms with Crippen LogP contribution in [0.15, 0.2) is 88.9 Å². The smallest absolute Gasteiger partial charge is 0.290 e. The molecule has 1 aliphatic heterocycles. The van der Waals surface area contributed by atoms with Crippen molar-refractivity contribution in [3.63, 3.8) is 0 Å². The molecule has 9 nitrogen and oxygen atoms in total. The molecule has 1 N–H and O–H groups in total. The minimum absolute atomic E-state index is 0.0174. The molecule has 2 aromatic heterocycles. The summed E-state index contributed by atoms with van der Waals surface area (Å²) >= 11 is 1.26. The van der Waals surface area contributed by atoms with Crippen LogP contribution < -0.4 is 5.32 Å². The lowest BCUT2D eigenvalue weighted by Gasteiger charge is -2.39. The van der Waals surface area contributed by atoms with Crippen LogP contribution in [-0.4, -0.2) is 76.2 Å². The summed E-state index contributed by atoms with van der Waals surface area (Å²) in [6, 6.07) is 24.1. The van der Waals surface area contributed by atoms with Crippen molar-refractivity contribution >= 4 is 34.2 Å². The van der Waals surface area contributed by atoms with Gasteiger partial charge in [-0.3, -0.25) is 19.3 Å². The van der Waals surface area contributed by atoms with Gasteiger partial charge >= 0.3 is 0 Å². The normalized spacial score (nSPS) is 13.9. The number of hydrogen-bond acceptors (Lipinski definition) is 7. The fourth-order valence-electron chi connectivity index (χ4n) is 5.17. The molecule has 0 saturated carbocycles. The Morgan fingerprint density at radius 3 is 2.14 bits per heavy atom. The van der Waals surface area contributed by atoms with Crippen LogP contribution in [0.5, 0.6) is 0 Å². The number of carbonyl (C=O) groups is 3. The quantitative estimate of drug-likeness (QED) is 0.290. The molecule has 0 bridgehead atoms. The molecule has 0 unspecified atom stereocenters. The van der Waals surface area contributed by atoms with Gasteiger partial charge in [0, 0.05) is 37.6 Å². The van der Waals surface area contributed by atoms with E-state index in [1.807, 2.05) is 30.9 Å². The van der Waals surface area contributed by atoms with Crippen LogP contribution in [0.1, 0.15) is 47.3 Å². The number of thiazole rings is 1. The number of aromatic nitrogens is 1. The van der Waals surface area contributed by atoms with Gasteiger partial charge in [-0.05, 0) is 37.1 Å². The second kappa shape index (κ2) is 13.6. The maximum Gasteiger partial charge on any atom is 0.290 e. The van der Waals surface area contributed by atoms with Crippen molar-refractivity contribution in [2.24, 2.45) is 0 Å². The van der Waals surface area contributed by atoms with Crippen molar-refractivity contribution in [3.8, 4) is 0 Å². The van der Waals surface area contributed by atoms with E-state index in [4.69, 9.17) is 4.42 Å². The van der Waals surface area contributed by atoms with Gasteiger partial charge in [-0.2, -0.15) is 0 Å². The van der Waals surface area contributed by atoms with Crippen molar-refractivity contribution in [1.82, 2.24) is 19.7 Å². The first-order valence-corrected chi connectivity index (χ1v) is 15.0. The Kier molecular flexibility index (Phi) is 9.45. The summed E-state index contributed by atoms with van der Waals surface area (Å²) < 4.78 is 5.20. The van der Waals surface area contributed by atoms with Crippen LogP contribution in [0.25, 0.3) is 0 Å². The molecule has 3 heterocycles. The fourth-order valence-corrected chi connectivity index (χ4v) is 5.90. The van der Waals surface area contributed by atoms with Crippen molar-refractivity contribution < 1.29 is 18.8 Å². The third kappa shape index (κ3) is 7.13. The van der Waals surface area contributed by atoms with Gasteiger partial charge in [0.1, 0.15) is 6.54 Å². The third-order valence-corrected chi connectivity index (χ3v) is 8.13. The third-order valence-electron chi connectivity index (χ3n) is 7.32. The Morgan fingerprint density at radius 2 is 1.57 bits per heavy atom. The molecule has 10 heteroatoms. The van der Waals surface area contributed by atoms with Crippen molar-refractivity contribution in [1.29, 1.82) is 0 Å². The first-order valence-electron chi connectivity index (χ1n) is 14.1. The largest absolute Gasteiger partial charge is 0.459 e. The number of rotatable bonds is 10. The summed E-state index contributed by atoms with van der Waals surface area (Å²) in [5.41, 5.74) is 3.09. The zero-order chi connectivity index (χ0) is 29.5. The molecular weight excluding hydrogens is 550 g/mol. The molecule has 2 aromatic carbocycles. The first-order chi connectivity index (χ1) is 20.4. The molecule has 1 aliphatic rings. The maximum atomic E-state index is 13.2. The van der Waals surface area contributed by atoms with Crippen LogP contribution in [-0.2, 0) is 16.0 Å². The minimum Gasteiger partial charge on any atom is -0.459 e. The van der Waals surface area contributed by atoms with Gasteiger partial charge in [-0.25, -0.2) is 4.98 Å². The Labute approximate surface area is 249 Å². The van der Waals surface area contributed by atoms with Gasteiger partial charge in [-0.15, -0.1) is 11.3 Å².